The lowest BCUT2D eigenvalue weighted by molar-refractivity contribution is -0.120. The van der Waals surface area contributed by atoms with Gasteiger partial charge in [-0.15, -0.1) is 0 Å². The van der Waals surface area contributed by atoms with Crippen LogP contribution in [0.25, 0.3) is 10.8 Å². The smallest absolute Gasteiger partial charge is 0.243 e. The largest absolute Gasteiger partial charge is 0.325 e. The molecule has 9 heteroatoms. The van der Waals surface area contributed by atoms with E-state index in [-0.39, 0.29) is 34.7 Å². The molecular formula is C23H24N2O5S2. The first-order valence-electron chi connectivity index (χ1n) is 10.3. The second kappa shape index (κ2) is 8.65. The molecule has 0 atom stereocenters. The van der Waals surface area contributed by atoms with Crippen molar-refractivity contribution in [2.75, 3.05) is 24.7 Å². The fourth-order valence-electron chi connectivity index (χ4n) is 3.94. The second-order valence-corrected chi connectivity index (χ2v) is 11.9. The molecule has 3 aromatic rings. The van der Waals surface area contributed by atoms with E-state index in [0.29, 0.717) is 12.8 Å². The number of piperidine rings is 1. The fourth-order valence-corrected chi connectivity index (χ4v) is 6.20. The van der Waals surface area contributed by atoms with Crippen LogP contribution in [0.5, 0.6) is 0 Å². The molecule has 0 bridgehead atoms. The number of anilines is 1. The Hall–Kier alpha value is -2.75. The number of amides is 1. The predicted molar refractivity (Wildman–Crippen MR) is 124 cm³/mol. The van der Waals surface area contributed by atoms with Gasteiger partial charge >= 0.3 is 0 Å². The molecule has 0 spiro atoms. The Balaban J connectivity index is 1.45. The van der Waals surface area contributed by atoms with Crippen molar-refractivity contribution < 1.29 is 21.6 Å². The highest BCUT2D eigenvalue weighted by atomic mass is 32.2. The standard InChI is InChI=1S/C23H24N2O5S2/c1-31(27,28)19-8-5-9-20(16-19)32(29,30)25-14-12-18(13-15-25)23(26)24-22-11-4-7-17-6-2-3-10-21(17)22/h2-11,16,18H,12-15H2,1H3,(H,24,26). The van der Waals surface area contributed by atoms with E-state index in [9.17, 15) is 21.6 Å². The van der Waals surface area contributed by atoms with Crippen molar-refractivity contribution >= 4 is 42.2 Å². The molecule has 32 heavy (non-hydrogen) atoms. The molecular weight excluding hydrogens is 448 g/mol. The first-order chi connectivity index (χ1) is 15.2. The van der Waals surface area contributed by atoms with Crippen LogP contribution in [0.2, 0.25) is 0 Å². The molecule has 0 unspecified atom stereocenters. The number of fused-ring (bicyclic) bond motifs is 1. The molecule has 1 N–H and O–H groups in total. The van der Waals surface area contributed by atoms with Crippen LogP contribution < -0.4 is 5.32 Å². The monoisotopic (exact) mass is 472 g/mol. The van der Waals surface area contributed by atoms with Crippen LogP contribution in [0.1, 0.15) is 12.8 Å². The Morgan fingerprint density at radius 1 is 0.875 bits per heavy atom. The molecule has 0 aliphatic carbocycles. The third-order valence-electron chi connectivity index (χ3n) is 5.74. The van der Waals surface area contributed by atoms with Crippen LogP contribution >= 0.6 is 0 Å². The van der Waals surface area contributed by atoms with Gasteiger partial charge in [0.25, 0.3) is 0 Å². The highest BCUT2D eigenvalue weighted by molar-refractivity contribution is 7.91. The first-order valence-corrected chi connectivity index (χ1v) is 13.6. The Labute approximate surface area is 188 Å². The van der Waals surface area contributed by atoms with E-state index < -0.39 is 19.9 Å². The van der Waals surface area contributed by atoms with Crippen LogP contribution in [0.15, 0.2) is 76.5 Å². The summed E-state index contributed by atoms with van der Waals surface area (Å²) in [6.07, 6.45) is 1.82. The summed E-state index contributed by atoms with van der Waals surface area (Å²) in [6.45, 7) is 0.387. The molecule has 1 aliphatic rings. The minimum atomic E-state index is -3.84. The zero-order valence-electron chi connectivity index (χ0n) is 17.6. The Kier molecular flexibility index (Phi) is 6.07. The van der Waals surface area contributed by atoms with Gasteiger partial charge in [0.2, 0.25) is 15.9 Å². The van der Waals surface area contributed by atoms with Gasteiger partial charge in [0.1, 0.15) is 0 Å². The molecule has 3 aromatic carbocycles. The molecule has 0 radical (unpaired) electrons. The normalized spacial score (nSPS) is 16.2. The average molecular weight is 473 g/mol. The Morgan fingerprint density at radius 3 is 2.22 bits per heavy atom. The quantitative estimate of drug-likeness (QED) is 0.614. The number of rotatable bonds is 5. The van der Waals surface area contributed by atoms with Crippen molar-refractivity contribution in [2.45, 2.75) is 22.6 Å². The first kappa shape index (κ1) is 22.4. The third-order valence-corrected chi connectivity index (χ3v) is 8.75. The second-order valence-electron chi connectivity index (χ2n) is 7.94. The highest BCUT2D eigenvalue weighted by Gasteiger charge is 2.32. The maximum absolute atomic E-state index is 13.0. The summed E-state index contributed by atoms with van der Waals surface area (Å²) in [6, 6.07) is 18.9. The lowest BCUT2D eigenvalue weighted by Crippen LogP contribution is -2.41. The molecule has 1 saturated heterocycles. The molecule has 7 nitrogen and oxygen atoms in total. The summed E-state index contributed by atoms with van der Waals surface area (Å²) >= 11 is 0. The lowest BCUT2D eigenvalue weighted by Gasteiger charge is -2.30. The van der Waals surface area contributed by atoms with Crippen LogP contribution in [0.3, 0.4) is 0 Å². The number of nitrogens with zero attached hydrogens (tertiary/aromatic N) is 1. The summed E-state index contributed by atoms with van der Waals surface area (Å²) < 4.78 is 50.9. The summed E-state index contributed by atoms with van der Waals surface area (Å²) in [5.41, 5.74) is 0.737. The molecule has 1 heterocycles. The van der Waals surface area contributed by atoms with Crippen molar-refractivity contribution in [3.8, 4) is 0 Å². The molecule has 4 rings (SSSR count). The number of sulfonamides is 1. The number of benzene rings is 3. The SMILES string of the molecule is CS(=O)(=O)c1cccc(S(=O)(=O)N2CCC(C(=O)Nc3cccc4ccccc34)CC2)c1. The van der Waals surface area contributed by atoms with E-state index >= 15 is 0 Å². The van der Waals surface area contributed by atoms with Crippen LogP contribution in [-0.4, -0.2) is 46.4 Å². The van der Waals surface area contributed by atoms with E-state index in [0.717, 1.165) is 22.7 Å². The Morgan fingerprint density at radius 2 is 1.50 bits per heavy atom. The fraction of sp³-hybridized carbons (Fsp3) is 0.261. The van der Waals surface area contributed by atoms with Crippen molar-refractivity contribution in [2.24, 2.45) is 5.92 Å². The van der Waals surface area contributed by atoms with E-state index in [4.69, 9.17) is 0 Å². The van der Waals surface area contributed by atoms with Gasteiger partial charge in [-0.25, -0.2) is 16.8 Å². The van der Waals surface area contributed by atoms with Crippen LogP contribution in [-0.2, 0) is 24.7 Å². The topological polar surface area (TPSA) is 101 Å². The van der Waals surface area contributed by atoms with Gasteiger partial charge in [-0.3, -0.25) is 4.79 Å². The summed E-state index contributed by atoms with van der Waals surface area (Å²) in [5.74, 6) is -0.430. The van der Waals surface area contributed by atoms with Gasteiger partial charge in [0.05, 0.1) is 9.79 Å². The molecule has 0 aromatic heterocycles. The molecule has 0 saturated carbocycles. The van der Waals surface area contributed by atoms with Crippen LogP contribution in [0.4, 0.5) is 5.69 Å². The molecule has 1 fully saturated rings. The minimum Gasteiger partial charge on any atom is -0.325 e. The number of sulfone groups is 1. The zero-order chi connectivity index (χ0) is 22.9. The number of carbonyl (C=O) groups excluding carboxylic acids is 1. The van der Waals surface area contributed by atoms with Crippen molar-refractivity contribution in [1.29, 1.82) is 0 Å². The maximum Gasteiger partial charge on any atom is 0.243 e. The number of carbonyl (C=O) groups is 1. The third kappa shape index (κ3) is 4.55. The summed E-state index contributed by atoms with van der Waals surface area (Å²) in [4.78, 5) is 12.8. The van der Waals surface area contributed by atoms with E-state index in [1.54, 1.807) is 0 Å². The molecule has 168 valence electrons. The number of hydrogen-bond donors (Lipinski definition) is 1. The minimum absolute atomic E-state index is 0.0390. The van der Waals surface area contributed by atoms with E-state index in [2.05, 4.69) is 5.32 Å². The lowest BCUT2D eigenvalue weighted by atomic mass is 9.97. The molecule has 1 aliphatic heterocycles. The van der Waals surface area contributed by atoms with Crippen molar-refractivity contribution in [3.05, 3.63) is 66.7 Å². The van der Waals surface area contributed by atoms with Crippen molar-refractivity contribution in [1.82, 2.24) is 4.31 Å². The van der Waals surface area contributed by atoms with Crippen molar-refractivity contribution in [3.63, 3.8) is 0 Å². The van der Waals surface area contributed by atoms with E-state index in [1.807, 2.05) is 42.5 Å². The average Bonchev–Trinajstić information content (AvgIpc) is 2.79. The van der Waals surface area contributed by atoms with Crippen LogP contribution in [0, 0.1) is 5.92 Å². The maximum atomic E-state index is 13.0. The van der Waals surface area contributed by atoms with Gasteiger partial charge in [-0.2, -0.15) is 4.31 Å². The predicted octanol–water partition coefficient (Wildman–Crippen LogP) is 3.28. The van der Waals surface area contributed by atoms with Gasteiger partial charge in [0, 0.05) is 36.3 Å². The number of nitrogens with one attached hydrogen (secondary N) is 1. The highest BCUT2D eigenvalue weighted by Crippen LogP contribution is 2.28. The summed E-state index contributed by atoms with van der Waals surface area (Å²) in [5, 5.41) is 4.97. The zero-order valence-corrected chi connectivity index (χ0v) is 19.2. The summed E-state index contributed by atoms with van der Waals surface area (Å²) in [7, 11) is -7.36. The number of hydrogen-bond acceptors (Lipinski definition) is 5. The van der Waals surface area contributed by atoms with Gasteiger partial charge in [0.15, 0.2) is 9.84 Å². The molecule has 1 amide bonds. The van der Waals surface area contributed by atoms with Gasteiger partial charge < -0.3 is 5.32 Å². The van der Waals surface area contributed by atoms with Gasteiger partial charge in [-0.05, 0) is 42.5 Å². The Bertz CT molecular complexity index is 1370. The van der Waals surface area contributed by atoms with E-state index in [1.165, 1.54) is 28.6 Å². The van der Waals surface area contributed by atoms with Gasteiger partial charge in [-0.1, -0.05) is 42.5 Å².